The Bertz CT molecular complexity index is 454. The second kappa shape index (κ2) is 7.24. The minimum Gasteiger partial charge on any atom is -0.372 e. The molecule has 0 bridgehead atoms. The summed E-state index contributed by atoms with van der Waals surface area (Å²) in [4.78, 5) is 0. The van der Waals surface area contributed by atoms with Gasteiger partial charge in [0.1, 0.15) is 0 Å². The van der Waals surface area contributed by atoms with Gasteiger partial charge in [0.2, 0.25) is 0 Å². The first-order valence-electron chi connectivity index (χ1n) is 6.77. The number of ether oxygens (including phenoxy) is 1. The molecule has 0 saturated carbocycles. The number of hydrogen-bond donors (Lipinski definition) is 2. The molecule has 1 aromatic rings. The standard InChI is InChI=1S/C12H13F3O.C3H8O2/c1-7-2-5-11(16-7)12(15)8-3-4-9(13)10(14)6-8;1-3(2,4)5/h3-4,6-7,11-12H,2,5H2,1H3;4-5H,1-2H3. The maximum absolute atomic E-state index is 13.9. The average molecular weight is 306 g/mol. The van der Waals surface area contributed by atoms with Crippen LogP contribution in [-0.4, -0.2) is 28.2 Å². The highest BCUT2D eigenvalue weighted by molar-refractivity contribution is 5.21. The van der Waals surface area contributed by atoms with Crippen LogP contribution in [0.5, 0.6) is 0 Å². The van der Waals surface area contributed by atoms with Crippen molar-refractivity contribution in [2.45, 2.75) is 57.8 Å². The first kappa shape index (κ1) is 17.9. The molecule has 0 spiro atoms. The molecule has 3 nitrogen and oxygen atoms in total. The summed E-state index contributed by atoms with van der Waals surface area (Å²) in [6.07, 6.45) is -0.482. The van der Waals surface area contributed by atoms with Gasteiger partial charge in [0.05, 0.1) is 12.2 Å². The Kier molecular flexibility index (Phi) is 6.19. The van der Waals surface area contributed by atoms with Gasteiger partial charge < -0.3 is 14.9 Å². The van der Waals surface area contributed by atoms with Crippen molar-refractivity contribution in [1.82, 2.24) is 0 Å². The molecule has 120 valence electrons. The topological polar surface area (TPSA) is 49.7 Å². The van der Waals surface area contributed by atoms with E-state index in [0.29, 0.717) is 6.42 Å². The van der Waals surface area contributed by atoms with Gasteiger partial charge in [-0.1, -0.05) is 6.07 Å². The van der Waals surface area contributed by atoms with Crippen LogP contribution < -0.4 is 0 Å². The smallest absolute Gasteiger partial charge is 0.159 e. The molecular weight excluding hydrogens is 285 g/mol. The molecule has 21 heavy (non-hydrogen) atoms. The Labute approximate surface area is 122 Å². The highest BCUT2D eigenvalue weighted by Crippen LogP contribution is 2.33. The number of halogens is 3. The quantitative estimate of drug-likeness (QED) is 0.825. The fourth-order valence-corrected chi connectivity index (χ4v) is 1.95. The van der Waals surface area contributed by atoms with Crippen molar-refractivity contribution in [3.63, 3.8) is 0 Å². The molecule has 1 heterocycles. The monoisotopic (exact) mass is 306 g/mol. The van der Waals surface area contributed by atoms with Gasteiger partial charge in [-0.15, -0.1) is 0 Å². The highest BCUT2D eigenvalue weighted by Gasteiger charge is 2.31. The minimum atomic E-state index is -1.50. The number of rotatable bonds is 2. The maximum Gasteiger partial charge on any atom is 0.159 e. The molecular formula is C15H21F3O3. The molecule has 2 N–H and O–H groups in total. The molecule has 0 amide bonds. The van der Waals surface area contributed by atoms with Gasteiger partial charge in [0.15, 0.2) is 23.6 Å². The van der Waals surface area contributed by atoms with Gasteiger partial charge in [0, 0.05) is 0 Å². The zero-order chi connectivity index (χ0) is 16.2. The summed E-state index contributed by atoms with van der Waals surface area (Å²) < 4.78 is 44.9. The number of benzene rings is 1. The lowest BCUT2D eigenvalue weighted by Gasteiger charge is -2.16. The molecule has 1 saturated heterocycles. The van der Waals surface area contributed by atoms with Gasteiger partial charge in [0.25, 0.3) is 0 Å². The average Bonchev–Trinajstić information content (AvgIpc) is 2.76. The fraction of sp³-hybridized carbons (Fsp3) is 0.600. The Morgan fingerprint density at radius 3 is 2.19 bits per heavy atom. The number of hydrogen-bond acceptors (Lipinski definition) is 3. The van der Waals surface area contributed by atoms with Crippen molar-refractivity contribution < 1.29 is 28.1 Å². The van der Waals surface area contributed by atoms with Crippen LogP contribution in [0, 0.1) is 11.6 Å². The normalized spacial score (nSPS) is 23.4. The first-order chi connectivity index (χ1) is 9.58. The lowest BCUT2D eigenvalue weighted by molar-refractivity contribution is -0.127. The molecule has 0 aromatic heterocycles. The van der Waals surface area contributed by atoms with Crippen LogP contribution in [0.1, 0.15) is 45.3 Å². The van der Waals surface area contributed by atoms with Crippen molar-refractivity contribution >= 4 is 0 Å². The van der Waals surface area contributed by atoms with E-state index in [9.17, 15) is 13.2 Å². The Balaban J connectivity index is 0.000000383. The molecule has 1 fully saturated rings. The second-order valence-electron chi connectivity index (χ2n) is 5.63. The number of alkyl halides is 1. The Hall–Kier alpha value is -1.11. The van der Waals surface area contributed by atoms with Gasteiger partial charge >= 0.3 is 0 Å². The summed E-state index contributed by atoms with van der Waals surface area (Å²) in [5.41, 5.74) is 0.137. The lowest BCUT2D eigenvalue weighted by Crippen LogP contribution is -2.15. The van der Waals surface area contributed by atoms with Crippen LogP contribution in [0.15, 0.2) is 18.2 Å². The van der Waals surface area contributed by atoms with Gasteiger partial charge in [-0.25, -0.2) is 13.2 Å². The molecule has 2 rings (SSSR count). The van der Waals surface area contributed by atoms with Crippen molar-refractivity contribution in [2.24, 2.45) is 0 Å². The van der Waals surface area contributed by atoms with Gasteiger partial charge in [-0.3, -0.25) is 0 Å². The fourth-order valence-electron chi connectivity index (χ4n) is 1.95. The zero-order valence-electron chi connectivity index (χ0n) is 12.3. The third kappa shape index (κ3) is 6.46. The van der Waals surface area contributed by atoms with Crippen molar-refractivity contribution in [3.05, 3.63) is 35.4 Å². The lowest BCUT2D eigenvalue weighted by atomic mass is 10.0. The van der Waals surface area contributed by atoms with E-state index in [4.69, 9.17) is 14.9 Å². The molecule has 0 radical (unpaired) electrons. The van der Waals surface area contributed by atoms with Crippen LogP contribution in [0.2, 0.25) is 0 Å². The van der Waals surface area contributed by atoms with Crippen LogP contribution in [0.4, 0.5) is 13.2 Å². The Morgan fingerprint density at radius 1 is 1.19 bits per heavy atom. The summed E-state index contributed by atoms with van der Waals surface area (Å²) in [6, 6.07) is 3.09. The molecule has 3 unspecified atom stereocenters. The van der Waals surface area contributed by atoms with E-state index in [1.807, 2.05) is 6.92 Å². The van der Waals surface area contributed by atoms with Crippen molar-refractivity contribution in [3.8, 4) is 0 Å². The van der Waals surface area contributed by atoms with E-state index in [1.54, 1.807) is 0 Å². The third-order valence-corrected chi connectivity index (χ3v) is 2.85. The van der Waals surface area contributed by atoms with E-state index >= 15 is 0 Å². The molecule has 1 aliphatic rings. The predicted molar refractivity (Wildman–Crippen MR) is 72.3 cm³/mol. The molecule has 6 heteroatoms. The van der Waals surface area contributed by atoms with Crippen LogP contribution in [-0.2, 0) is 4.74 Å². The van der Waals surface area contributed by atoms with Crippen molar-refractivity contribution in [1.29, 1.82) is 0 Å². The predicted octanol–water partition coefficient (Wildman–Crippen LogP) is 3.25. The van der Waals surface area contributed by atoms with E-state index in [0.717, 1.165) is 18.6 Å². The first-order valence-corrected chi connectivity index (χ1v) is 6.77. The van der Waals surface area contributed by atoms with Crippen LogP contribution in [0.3, 0.4) is 0 Å². The third-order valence-electron chi connectivity index (χ3n) is 2.85. The van der Waals surface area contributed by atoms with Crippen molar-refractivity contribution in [2.75, 3.05) is 0 Å². The zero-order valence-corrected chi connectivity index (χ0v) is 12.3. The van der Waals surface area contributed by atoms with Crippen LogP contribution in [0.25, 0.3) is 0 Å². The van der Waals surface area contributed by atoms with Crippen LogP contribution >= 0.6 is 0 Å². The minimum absolute atomic E-state index is 0.0357. The van der Waals surface area contributed by atoms with E-state index in [1.165, 1.54) is 19.9 Å². The van der Waals surface area contributed by atoms with E-state index in [2.05, 4.69) is 0 Å². The summed E-state index contributed by atoms with van der Waals surface area (Å²) in [7, 11) is 0. The molecule has 3 atom stereocenters. The van der Waals surface area contributed by atoms with E-state index < -0.39 is 29.7 Å². The highest BCUT2D eigenvalue weighted by atomic mass is 19.2. The summed E-state index contributed by atoms with van der Waals surface area (Å²) in [5.74, 6) is -3.48. The van der Waals surface area contributed by atoms with Gasteiger partial charge in [-0.05, 0) is 51.3 Å². The maximum atomic E-state index is 13.9. The molecule has 1 aliphatic heterocycles. The number of aliphatic hydroxyl groups is 2. The molecule has 1 aromatic carbocycles. The largest absolute Gasteiger partial charge is 0.372 e. The SMILES string of the molecule is CC(C)(O)O.CC1CCC(C(F)c2ccc(F)c(F)c2)O1. The Morgan fingerprint density at radius 2 is 1.76 bits per heavy atom. The summed E-state index contributed by atoms with van der Waals surface area (Å²) in [5, 5.41) is 16.2. The molecule has 0 aliphatic carbocycles. The van der Waals surface area contributed by atoms with E-state index in [-0.39, 0.29) is 11.7 Å². The van der Waals surface area contributed by atoms with Gasteiger partial charge in [-0.2, -0.15) is 0 Å². The second-order valence-corrected chi connectivity index (χ2v) is 5.63. The summed E-state index contributed by atoms with van der Waals surface area (Å²) in [6.45, 7) is 4.47. The summed E-state index contributed by atoms with van der Waals surface area (Å²) >= 11 is 0.